The van der Waals surface area contributed by atoms with Gasteiger partial charge in [0.25, 0.3) is 0 Å². The van der Waals surface area contributed by atoms with Gasteiger partial charge in [0.2, 0.25) is 0 Å². The van der Waals surface area contributed by atoms with Crippen LogP contribution in [0.3, 0.4) is 0 Å². The molecule has 0 bridgehead atoms. The van der Waals surface area contributed by atoms with Gasteiger partial charge in [-0.3, -0.25) is 0 Å². The van der Waals surface area contributed by atoms with Gasteiger partial charge in [-0.2, -0.15) is 0 Å². The summed E-state index contributed by atoms with van der Waals surface area (Å²) in [7, 11) is 1.97. The maximum atomic E-state index is 5.87. The normalized spacial score (nSPS) is 10.4. The number of nitrogens with zero attached hydrogens (tertiary/aromatic N) is 2. The van der Waals surface area contributed by atoms with Crippen LogP contribution in [0.15, 0.2) is 35.2 Å². The summed E-state index contributed by atoms with van der Waals surface area (Å²) in [6.45, 7) is 0.733. The third kappa shape index (κ3) is 2.57. The van der Waals surface area contributed by atoms with Gasteiger partial charge in [0.15, 0.2) is 0 Å². The van der Waals surface area contributed by atoms with Crippen molar-refractivity contribution in [2.24, 2.45) is 7.05 Å². The Labute approximate surface area is 108 Å². The standard InChI is InChI=1S/C11H11BrClN3/c1-16-7-14-5-9(16)6-15-11-3-2-8(13)4-10(11)12/h2-5,7,15H,6H2,1H3. The molecule has 0 saturated carbocycles. The molecule has 0 unspecified atom stereocenters. The number of benzene rings is 1. The molecular weight excluding hydrogens is 289 g/mol. The summed E-state index contributed by atoms with van der Waals surface area (Å²) < 4.78 is 2.94. The summed E-state index contributed by atoms with van der Waals surface area (Å²) in [6.07, 6.45) is 3.63. The van der Waals surface area contributed by atoms with Crippen molar-refractivity contribution in [2.45, 2.75) is 6.54 Å². The molecule has 3 nitrogen and oxygen atoms in total. The first kappa shape index (κ1) is 11.5. The molecule has 0 spiro atoms. The molecule has 16 heavy (non-hydrogen) atoms. The van der Waals surface area contributed by atoms with Crippen molar-refractivity contribution >= 4 is 33.2 Å². The molecule has 0 aliphatic carbocycles. The number of halogens is 2. The van der Waals surface area contributed by atoms with E-state index in [1.807, 2.05) is 36.0 Å². The molecule has 5 heteroatoms. The lowest BCUT2D eigenvalue weighted by Crippen LogP contribution is -2.04. The number of hydrogen-bond acceptors (Lipinski definition) is 2. The summed E-state index contributed by atoms with van der Waals surface area (Å²) >= 11 is 9.33. The zero-order valence-electron chi connectivity index (χ0n) is 8.74. The molecule has 84 valence electrons. The first-order chi connectivity index (χ1) is 7.66. The number of rotatable bonds is 3. The first-order valence-electron chi connectivity index (χ1n) is 4.81. The van der Waals surface area contributed by atoms with Crippen molar-refractivity contribution in [3.8, 4) is 0 Å². The number of hydrogen-bond donors (Lipinski definition) is 1. The van der Waals surface area contributed by atoms with Gasteiger partial charge >= 0.3 is 0 Å². The van der Waals surface area contributed by atoms with E-state index in [0.29, 0.717) is 0 Å². The van der Waals surface area contributed by atoms with Crippen molar-refractivity contribution in [1.29, 1.82) is 0 Å². The van der Waals surface area contributed by atoms with Crippen LogP contribution in [-0.4, -0.2) is 9.55 Å². The topological polar surface area (TPSA) is 29.9 Å². The van der Waals surface area contributed by atoms with E-state index in [-0.39, 0.29) is 0 Å². The van der Waals surface area contributed by atoms with Gasteiger partial charge in [-0.15, -0.1) is 0 Å². The molecule has 0 amide bonds. The Morgan fingerprint density at radius 3 is 2.94 bits per heavy atom. The second kappa shape index (κ2) is 4.89. The van der Waals surface area contributed by atoms with E-state index in [2.05, 4.69) is 26.2 Å². The molecule has 1 N–H and O–H groups in total. The van der Waals surface area contributed by atoms with Crippen molar-refractivity contribution in [3.63, 3.8) is 0 Å². The predicted molar refractivity (Wildman–Crippen MR) is 69.7 cm³/mol. The Hall–Kier alpha value is -1.000. The predicted octanol–water partition coefficient (Wildman–Crippen LogP) is 3.45. The summed E-state index contributed by atoms with van der Waals surface area (Å²) in [5, 5.41) is 4.04. The highest BCUT2D eigenvalue weighted by Gasteiger charge is 2.02. The van der Waals surface area contributed by atoms with Crippen LogP contribution in [-0.2, 0) is 13.6 Å². The van der Waals surface area contributed by atoms with Crippen LogP contribution < -0.4 is 5.32 Å². The SMILES string of the molecule is Cn1cncc1CNc1ccc(Cl)cc1Br. The minimum atomic E-state index is 0.720. The van der Waals surface area contributed by atoms with Crippen molar-refractivity contribution in [2.75, 3.05) is 5.32 Å². The molecule has 0 saturated heterocycles. The molecule has 0 fully saturated rings. The molecule has 2 aromatic rings. The second-order valence-electron chi connectivity index (χ2n) is 3.47. The summed E-state index contributed by atoms with van der Waals surface area (Å²) in [5.74, 6) is 0. The van der Waals surface area contributed by atoms with E-state index in [9.17, 15) is 0 Å². The third-order valence-corrected chi connectivity index (χ3v) is 3.20. The number of anilines is 1. The number of aryl methyl sites for hydroxylation is 1. The second-order valence-corrected chi connectivity index (χ2v) is 4.76. The van der Waals surface area contributed by atoms with Gasteiger partial charge in [-0.05, 0) is 34.1 Å². The van der Waals surface area contributed by atoms with Crippen LogP contribution >= 0.6 is 27.5 Å². The Balaban J connectivity index is 2.08. The fourth-order valence-electron chi connectivity index (χ4n) is 1.37. The maximum Gasteiger partial charge on any atom is 0.0946 e. The van der Waals surface area contributed by atoms with Crippen molar-refractivity contribution < 1.29 is 0 Å². The largest absolute Gasteiger partial charge is 0.378 e. The smallest absolute Gasteiger partial charge is 0.0946 e. The van der Waals surface area contributed by atoms with Gasteiger partial charge in [0.05, 0.1) is 18.6 Å². The fourth-order valence-corrected chi connectivity index (χ4v) is 2.20. The van der Waals surface area contributed by atoms with Gasteiger partial charge < -0.3 is 9.88 Å². The quantitative estimate of drug-likeness (QED) is 0.941. The zero-order chi connectivity index (χ0) is 11.5. The van der Waals surface area contributed by atoms with Gasteiger partial charge in [0.1, 0.15) is 0 Å². The van der Waals surface area contributed by atoms with E-state index in [1.165, 1.54) is 0 Å². The minimum Gasteiger partial charge on any atom is -0.378 e. The molecule has 2 rings (SSSR count). The Morgan fingerprint density at radius 1 is 1.50 bits per heavy atom. The Bertz CT molecular complexity index is 496. The highest BCUT2D eigenvalue weighted by Crippen LogP contribution is 2.26. The maximum absolute atomic E-state index is 5.87. The highest BCUT2D eigenvalue weighted by atomic mass is 79.9. The summed E-state index contributed by atoms with van der Waals surface area (Å²) in [6, 6.07) is 5.67. The zero-order valence-corrected chi connectivity index (χ0v) is 11.1. The average molecular weight is 301 g/mol. The van der Waals surface area contributed by atoms with Gasteiger partial charge in [-0.25, -0.2) is 4.98 Å². The van der Waals surface area contributed by atoms with Crippen molar-refractivity contribution in [1.82, 2.24) is 9.55 Å². The molecule has 1 aromatic heterocycles. The van der Waals surface area contributed by atoms with E-state index in [4.69, 9.17) is 11.6 Å². The number of nitrogens with one attached hydrogen (secondary N) is 1. The van der Waals surface area contributed by atoms with Crippen LogP contribution in [0.2, 0.25) is 5.02 Å². The fraction of sp³-hybridized carbons (Fsp3) is 0.182. The molecule has 0 aliphatic rings. The highest BCUT2D eigenvalue weighted by molar-refractivity contribution is 9.10. The Morgan fingerprint density at radius 2 is 2.31 bits per heavy atom. The number of imidazole rings is 1. The lowest BCUT2D eigenvalue weighted by atomic mass is 10.3. The summed E-state index contributed by atoms with van der Waals surface area (Å²) in [4.78, 5) is 4.06. The van der Waals surface area contributed by atoms with E-state index in [1.54, 1.807) is 6.33 Å². The average Bonchev–Trinajstić information content (AvgIpc) is 2.63. The Kier molecular flexibility index (Phi) is 3.51. The van der Waals surface area contributed by atoms with E-state index in [0.717, 1.165) is 27.4 Å². The van der Waals surface area contributed by atoms with E-state index < -0.39 is 0 Å². The van der Waals surface area contributed by atoms with Crippen LogP contribution in [0.4, 0.5) is 5.69 Å². The first-order valence-corrected chi connectivity index (χ1v) is 5.98. The molecule has 1 aromatic carbocycles. The lowest BCUT2D eigenvalue weighted by Gasteiger charge is -2.09. The van der Waals surface area contributed by atoms with Gasteiger partial charge in [0, 0.05) is 28.4 Å². The van der Waals surface area contributed by atoms with E-state index >= 15 is 0 Å². The van der Waals surface area contributed by atoms with Crippen LogP contribution in [0.1, 0.15) is 5.69 Å². The van der Waals surface area contributed by atoms with Crippen molar-refractivity contribution in [3.05, 3.63) is 45.9 Å². The van der Waals surface area contributed by atoms with Gasteiger partial charge in [-0.1, -0.05) is 11.6 Å². The third-order valence-electron chi connectivity index (χ3n) is 2.31. The van der Waals surface area contributed by atoms with Crippen LogP contribution in [0, 0.1) is 0 Å². The molecule has 0 aliphatic heterocycles. The molecule has 1 heterocycles. The molecule has 0 radical (unpaired) electrons. The molecule has 0 atom stereocenters. The monoisotopic (exact) mass is 299 g/mol. The van der Waals surface area contributed by atoms with Crippen LogP contribution in [0.25, 0.3) is 0 Å². The van der Waals surface area contributed by atoms with Crippen LogP contribution in [0.5, 0.6) is 0 Å². The number of aromatic nitrogens is 2. The molecular formula is C11H11BrClN3. The minimum absolute atomic E-state index is 0.720. The summed E-state index contributed by atoms with van der Waals surface area (Å²) in [5.41, 5.74) is 2.15. The lowest BCUT2D eigenvalue weighted by molar-refractivity contribution is 0.837.